The summed E-state index contributed by atoms with van der Waals surface area (Å²) in [4.78, 5) is 0. The lowest BCUT2D eigenvalue weighted by molar-refractivity contribution is 0.565. The van der Waals surface area contributed by atoms with E-state index in [4.69, 9.17) is 0 Å². The standard InChI is InChI=1S/C13H16N4O2S/c18-20(19,17-12-5-6-12)15-9-10-1-3-11(4-2-10)13-7-8-14-16-13/h1-4,7-8,12,15,17H,5-6,9H2,(H,14,16). The van der Waals surface area contributed by atoms with Gasteiger partial charge in [0.15, 0.2) is 0 Å². The van der Waals surface area contributed by atoms with Crippen molar-refractivity contribution in [3.05, 3.63) is 42.1 Å². The summed E-state index contributed by atoms with van der Waals surface area (Å²) in [6.07, 6.45) is 3.56. The van der Waals surface area contributed by atoms with Gasteiger partial charge >= 0.3 is 0 Å². The van der Waals surface area contributed by atoms with Crippen molar-refractivity contribution in [1.29, 1.82) is 0 Å². The van der Waals surface area contributed by atoms with E-state index in [1.165, 1.54) is 0 Å². The molecule has 1 aromatic carbocycles. The number of aromatic nitrogens is 2. The van der Waals surface area contributed by atoms with Crippen molar-refractivity contribution >= 4 is 10.2 Å². The van der Waals surface area contributed by atoms with E-state index in [0.29, 0.717) is 0 Å². The van der Waals surface area contributed by atoms with Crippen LogP contribution in [0.4, 0.5) is 0 Å². The minimum absolute atomic E-state index is 0.121. The van der Waals surface area contributed by atoms with Gasteiger partial charge in [0.1, 0.15) is 0 Å². The first kappa shape index (κ1) is 13.3. The van der Waals surface area contributed by atoms with Gasteiger partial charge in [0.05, 0.1) is 5.69 Å². The van der Waals surface area contributed by atoms with E-state index in [9.17, 15) is 8.42 Å². The molecule has 1 saturated carbocycles. The molecule has 0 atom stereocenters. The Morgan fingerprint density at radius 2 is 1.95 bits per heavy atom. The summed E-state index contributed by atoms with van der Waals surface area (Å²) in [6, 6.07) is 9.68. The van der Waals surface area contributed by atoms with Crippen LogP contribution in [0.3, 0.4) is 0 Å². The summed E-state index contributed by atoms with van der Waals surface area (Å²) in [5, 5.41) is 6.78. The minimum Gasteiger partial charge on any atom is -0.278 e. The van der Waals surface area contributed by atoms with Crippen LogP contribution in [0, 0.1) is 0 Å². The highest BCUT2D eigenvalue weighted by Crippen LogP contribution is 2.19. The predicted octanol–water partition coefficient (Wildman–Crippen LogP) is 1.16. The quantitative estimate of drug-likeness (QED) is 0.746. The Kier molecular flexibility index (Phi) is 3.56. The molecule has 1 aliphatic carbocycles. The summed E-state index contributed by atoms with van der Waals surface area (Å²) in [6.45, 7) is 0.283. The molecule has 0 spiro atoms. The van der Waals surface area contributed by atoms with Crippen molar-refractivity contribution in [2.45, 2.75) is 25.4 Å². The first-order valence-corrected chi connectivity index (χ1v) is 7.96. The van der Waals surface area contributed by atoms with Crippen molar-refractivity contribution in [2.24, 2.45) is 0 Å². The fourth-order valence-electron chi connectivity index (χ4n) is 1.86. The van der Waals surface area contributed by atoms with Crippen LogP contribution < -0.4 is 9.44 Å². The fourth-order valence-corrected chi connectivity index (χ4v) is 2.97. The topological polar surface area (TPSA) is 86.9 Å². The molecule has 0 radical (unpaired) electrons. The molecule has 3 N–H and O–H groups in total. The van der Waals surface area contributed by atoms with Gasteiger partial charge in [-0.15, -0.1) is 0 Å². The zero-order chi connectivity index (χ0) is 14.0. The maximum absolute atomic E-state index is 11.7. The second-order valence-corrected chi connectivity index (χ2v) is 6.42. The number of nitrogens with zero attached hydrogens (tertiary/aromatic N) is 1. The van der Waals surface area contributed by atoms with Gasteiger partial charge in [0, 0.05) is 18.8 Å². The van der Waals surface area contributed by atoms with E-state index in [-0.39, 0.29) is 12.6 Å². The van der Waals surface area contributed by atoms with Crippen LogP contribution in [0.25, 0.3) is 11.3 Å². The largest absolute Gasteiger partial charge is 0.278 e. The molecule has 20 heavy (non-hydrogen) atoms. The number of nitrogens with one attached hydrogen (secondary N) is 3. The molecule has 1 aliphatic rings. The van der Waals surface area contributed by atoms with Gasteiger partial charge in [0.2, 0.25) is 0 Å². The SMILES string of the molecule is O=S(=O)(NCc1ccc(-c2ccn[nH]2)cc1)NC1CC1. The first-order chi connectivity index (χ1) is 9.62. The van der Waals surface area contributed by atoms with Crippen LogP contribution in [0.2, 0.25) is 0 Å². The van der Waals surface area contributed by atoms with Crippen LogP contribution in [-0.2, 0) is 16.8 Å². The van der Waals surface area contributed by atoms with E-state index >= 15 is 0 Å². The molecule has 1 aromatic heterocycles. The number of benzene rings is 1. The third-order valence-corrected chi connectivity index (χ3v) is 4.30. The van der Waals surface area contributed by atoms with Crippen molar-refractivity contribution in [3.8, 4) is 11.3 Å². The lowest BCUT2D eigenvalue weighted by Crippen LogP contribution is -2.37. The smallest absolute Gasteiger partial charge is 0.277 e. The third kappa shape index (κ3) is 3.44. The monoisotopic (exact) mass is 292 g/mol. The van der Waals surface area contributed by atoms with Gasteiger partial charge in [-0.25, -0.2) is 0 Å². The summed E-state index contributed by atoms with van der Waals surface area (Å²) in [5.41, 5.74) is 2.87. The predicted molar refractivity (Wildman–Crippen MR) is 75.9 cm³/mol. The normalized spacial score (nSPS) is 15.4. The molecule has 6 nitrogen and oxygen atoms in total. The van der Waals surface area contributed by atoms with Gasteiger partial charge in [-0.05, 0) is 30.0 Å². The fraction of sp³-hybridized carbons (Fsp3) is 0.308. The number of hydrogen-bond acceptors (Lipinski definition) is 3. The first-order valence-electron chi connectivity index (χ1n) is 6.48. The maximum atomic E-state index is 11.7. The molecule has 0 amide bonds. The Bertz CT molecular complexity index is 661. The molecule has 1 fully saturated rings. The molecular formula is C13H16N4O2S. The van der Waals surface area contributed by atoms with Gasteiger partial charge in [-0.3, -0.25) is 5.10 Å². The second kappa shape index (κ2) is 5.35. The molecule has 106 valence electrons. The summed E-state index contributed by atoms with van der Waals surface area (Å²) in [5.74, 6) is 0. The average Bonchev–Trinajstić information content (AvgIpc) is 3.07. The molecule has 0 saturated heterocycles. The maximum Gasteiger partial charge on any atom is 0.277 e. The lowest BCUT2D eigenvalue weighted by atomic mass is 10.1. The molecule has 2 aromatic rings. The molecule has 0 aliphatic heterocycles. The second-order valence-electron chi connectivity index (χ2n) is 4.88. The molecule has 1 heterocycles. The van der Waals surface area contributed by atoms with E-state index in [0.717, 1.165) is 29.7 Å². The van der Waals surface area contributed by atoms with Crippen LogP contribution in [0.5, 0.6) is 0 Å². The van der Waals surface area contributed by atoms with Crippen molar-refractivity contribution < 1.29 is 8.42 Å². The zero-order valence-corrected chi connectivity index (χ0v) is 11.7. The Morgan fingerprint density at radius 3 is 2.55 bits per heavy atom. The number of aromatic amines is 1. The van der Waals surface area contributed by atoms with Gasteiger partial charge < -0.3 is 0 Å². The average molecular weight is 292 g/mol. The Balaban J connectivity index is 1.60. The highest BCUT2D eigenvalue weighted by Gasteiger charge is 2.26. The summed E-state index contributed by atoms with van der Waals surface area (Å²) >= 11 is 0. The summed E-state index contributed by atoms with van der Waals surface area (Å²) < 4.78 is 28.5. The number of hydrogen-bond donors (Lipinski definition) is 3. The number of rotatable bonds is 6. The van der Waals surface area contributed by atoms with Gasteiger partial charge in [-0.2, -0.15) is 23.0 Å². The Morgan fingerprint density at radius 1 is 1.20 bits per heavy atom. The van der Waals surface area contributed by atoms with Crippen LogP contribution in [0.1, 0.15) is 18.4 Å². The third-order valence-electron chi connectivity index (χ3n) is 3.13. The van der Waals surface area contributed by atoms with Crippen molar-refractivity contribution in [3.63, 3.8) is 0 Å². The van der Waals surface area contributed by atoms with Crippen LogP contribution in [-0.4, -0.2) is 24.7 Å². The van der Waals surface area contributed by atoms with Crippen LogP contribution >= 0.6 is 0 Å². The molecule has 0 unspecified atom stereocenters. The molecule has 3 rings (SSSR count). The van der Waals surface area contributed by atoms with E-state index in [1.807, 2.05) is 30.3 Å². The van der Waals surface area contributed by atoms with Crippen LogP contribution in [0.15, 0.2) is 36.5 Å². The van der Waals surface area contributed by atoms with E-state index in [2.05, 4.69) is 19.6 Å². The van der Waals surface area contributed by atoms with E-state index in [1.54, 1.807) is 6.20 Å². The van der Waals surface area contributed by atoms with Gasteiger partial charge in [-0.1, -0.05) is 24.3 Å². The van der Waals surface area contributed by atoms with Gasteiger partial charge in [0.25, 0.3) is 10.2 Å². The van der Waals surface area contributed by atoms with E-state index < -0.39 is 10.2 Å². The lowest BCUT2D eigenvalue weighted by Gasteiger charge is -2.07. The molecule has 7 heteroatoms. The van der Waals surface area contributed by atoms with Crippen molar-refractivity contribution in [1.82, 2.24) is 19.6 Å². The molecule has 0 bridgehead atoms. The Labute approximate surface area is 117 Å². The highest BCUT2D eigenvalue weighted by atomic mass is 32.2. The highest BCUT2D eigenvalue weighted by molar-refractivity contribution is 7.87. The zero-order valence-electron chi connectivity index (χ0n) is 10.8. The Hall–Kier alpha value is -1.70. The molecular weight excluding hydrogens is 276 g/mol. The number of H-pyrrole nitrogens is 1. The van der Waals surface area contributed by atoms with Crippen molar-refractivity contribution in [2.75, 3.05) is 0 Å². The summed E-state index contributed by atoms with van der Waals surface area (Å²) in [7, 11) is -3.39. The minimum atomic E-state index is -3.39.